The zero-order valence-electron chi connectivity index (χ0n) is 5.15. The van der Waals surface area contributed by atoms with E-state index in [2.05, 4.69) is 19.0 Å². The molecule has 0 saturated carbocycles. The lowest BCUT2D eigenvalue weighted by Crippen LogP contribution is -2.16. The minimum Gasteiger partial charge on any atom is -0.330 e. The lowest BCUT2D eigenvalue weighted by molar-refractivity contribution is 0.403. The summed E-state index contributed by atoms with van der Waals surface area (Å²) in [6.45, 7) is 1.91. The van der Waals surface area contributed by atoms with Gasteiger partial charge in [0.1, 0.15) is 0 Å². The van der Waals surface area contributed by atoms with Crippen molar-refractivity contribution in [3.8, 4) is 0 Å². The molecule has 0 fully saturated rings. The standard InChI is InChI=1S/C5H14N2/c1-7(2)5-3-4-6/h3-6H2,1-2H3/i4+2. The van der Waals surface area contributed by atoms with Gasteiger partial charge in [-0.15, -0.1) is 0 Å². The molecular formula is C5H14N2. The molecule has 0 radical (unpaired) electrons. The first-order valence-electron chi connectivity index (χ1n) is 2.62. The van der Waals surface area contributed by atoms with Crippen molar-refractivity contribution in [1.82, 2.24) is 4.90 Å². The molecule has 0 bridgehead atoms. The summed E-state index contributed by atoms with van der Waals surface area (Å²) in [6.07, 6.45) is 1.10. The third-order valence-corrected chi connectivity index (χ3v) is 0.809. The second kappa shape index (κ2) is 4.09. The normalized spacial score (nSPS) is 10.3. The quantitative estimate of drug-likeness (QED) is 0.541. The van der Waals surface area contributed by atoms with Crippen molar-refractivity contribution in [2.24, 2.45) is 5.73 Å². The maximum atomic E-state index is 5.25. The first-order chi connectivity index (χ1) is 3.27. The molecule has 0 heterocycles. The third-order valence-electron chi connectivity index (χ3n) is 0.809. The third kappa shape index (κ3) is 5.92. The number of hydrogen-bond acceptors (Lipinski definition) is 2. The average molecular weight is 104 g/mol. The Morgan fingerprint density at radius 2 is 2.14 bits per heavy atom. The van der Waals surface area contributed by atoms with Crippen LogP contribution in [0.4, 0.5) is 0 Å². The molecule has 0 aromatic carbocycles. The van der Waals surface area contributed by atoms with Crippen LogP contribution in [0.2, 0.25) is 0 Å². The van der Waals surface area contributed by atoms with E-state index in [-0.39, 0.29) is 0 Å². The highest BCUT2D eigenvalue weighted by molar-refractivity contribution is 4.42. The molecule has 2 N–H and O–H groups in total. The van der Waals surface area contributed by atoms with Gasteiger partial charge in [0, 0.05) is 0 Å². The molecule has 0 rings (SSSR count). The molecule has 0 amide bonds. The van der Waals surface area contributed by atoms with Crippen molar-refractivity contribution in [2.75, 3.05) is 27.2 Å². The van der Waals surface area contributed by atoms with Crippen LogP contribution in [-0.2, 0) is 0 Å². The number of nitrogens with zero attached hydrogens (tertiary/aromatic N) is 1. The van der Waals surface area contributed by atoms with Gasteiger partial charge in [-0.2, -0.15) is 0 Å². The van der Waals surface area contributed by atoms with Gasteiger partial charge in [-0.25, -0.2) is 0 Å². The van der Waals surface area contributed by atoms with E-state index in [4.69, 9.17) is 5.73 Å². The van der Waals surface area contributed by atoms with Crippen LogP contribution in [-0.4, -0.2) is 32.1 Å². The molecule has 2 heteroatoms. The number of hydrogen-bond donors (Lipinski definition) is 1. The molecule has 0 atom stereocenters. The van der Waals surface area contributed by atoms with Crippen molar-refractivity contribution in [2.45, 2.75) is 6.42 Å². The second-order valence-electron chi connectivity index (χ2n) is 1.95. The average Bonchev–Trinajstić information content (AvgIpc) is 1.61. The Hall–Kier alpha value is -0.0800. The van der Waals surface area contributed by atoms with Crippen LogP contribution in [0.15, 0.2) is 0 Å². The van der Waals surface area contributed by atoms with Crippen LogP contribution < -0.4 is 5.73 Å². The molecule has 0 aromatic rings. The monoisotopic (exact) mass is 104 g/mol. The van der Waals surface area contributed by atoms with E-state index in [1.165, 1.54) is 0 Å². The zero-order valence-corrected chi connectivity index (χ0v) is 5.15. The number of rotatable bonds is 3. The smallest absolute Gasteiger partial charge is 0.00128 e. The summed E-state index contributed by atoms with van der Waals surface area (Å²) in [5, 5.41) is 0. The highest BCUT2D eigenvalue weighted by Gasteiger charge is 1.83. The van der Waals surface area contributed by atoms with Crippen LogP contribution >= 0.6 is 0 Å². The second-order valence-corrected chi connectivity index (χ2v) is 1.95. The van der Waals surface area contributed by atoms with Gasteiger partial charge in [-0.1, -0.05) is 0 Å². The molecular weight excluding hydrogens is 90.1 g/mol. The molecule has 44 valence electrons. The van der Waals surface area contributed by atoms with Crippen molar-refractivity contribution >= 4 is 0 Å². The summed E-state index contributed by atoms with van der Waals surface area (Å²) in [7, 11) is 4.10. The number of nitrogens with two attached hydrogens (primary N) is 1. The Morgan fingerprint density at radius 3 is 2.29 bits per heavy atom. The summed E-state index contributed by atoms with van der Waals surface area (Å²) in [5.74, 6) is 0. The molecule has 0 aliphatic rings. The predicted octanol–water partition coefficient (Wildman–Crippen LogP) is -0.103. The molecule has 7 heavy (non-hydrogen) atoms. The Labute approximate surface area is 45.3 Å². The van der Waals surface area contributed by atoms with Crippen molar-refractivity contribution in [1.29, 1.82) is 0 Å². The fourth-order valence-corrected chi connectivity index (χ4v) is 0.408. The Balaban J connectivity index is 2.68. The van der Waals surface area contributed by atoms with Gasteiger partial charge in [-0.05, 0) is 33.6 Å². The van der Waals surface area contributed by atoms with Crippen molar-refractivity contribution in [3.63, 3.8) is 0 Å². The van der Waals surface area contributed by atoms with E-state index >= 15 is 0 Å². The van der Waals surface area contributed by atoms with Crippen molar-refractivity contribution < 1.29 is 0 Å². The fourth-order valence-electron chi connectivity index (χ4n) is 0.408. The van der Waals surface area contributed by atoms with Gasteiger partial charge in [0.25, 0.3) is 0 Å². The maximum Gasteiger partial charge on any atom is -0.00128 e. The molecule has 0 unspecified atom stereocenters. The van der Waals surface area contributed by atoms with Crippen LogP contribution in [0.3, 0.4) is 0 Å². The SMILES string of the molecule is CN(C)CC[14CH2]N. The summed E-state index contributed by atoms with van der Waals surface area (Å²) in [4.78, 5) is 2.13. The van der Waals surface area contributed by atoms with Crippen LogP contribution in [0.25, 0.3) is 0 Å². The Bertz CT molecular complexity index is 35.1. The molecule has 0 aliphatic carbocycles. The molecule has 0 spiro atoms. The van der Waals surface area contributed by atoms with E-state index in [0.717, 1.165) is 19.5 Å². The first kappa shape index (κ1) is 6.92. The van der Waals surface area contributed by atoms with E-state index < -0.39 is 0 Å². The maximum absolute atomic E-state index is 5.25. The van der Waals surface area contributed by atoms with Gasteiger partial charge >= 0.3 is 0 Å². The van der Waals surface area contributed by atoms with Crippen LogP contribution in [0.1, 0.15) is 6.42 Å². The van der Waals surface area contributed by atoms with Crippen molar-refractivity contribution in [3.05, 3.63) is 0 Å². The summed E-state index contributed by atoms with van der Waals surface area (Å²) >= 11 is 0. The highest BCUT2D eigenvalue weighted by Crippen LogP contribution is 1.76. The van der Waals surface area contributed by atoms with Gasteiger partial charge in [0.05, 0.1) is 0 Å². The fraction of sp³-hybridized carbons (Fsp3) is 1.00. The molecule has 2 nitrogen and oxygen atoms in total. The largest absolute Gasteiger partial charge is 0.330 e. The van der Waals surface area contributed by atoms with Crippen LogP contribution in [0, 0.1) is 0 Å². The summed E-state index contributed by atoms with van der Waals surface area (Å²) in [6, 6.07) is 0. The van der Waals surface area contributed by atoms with Crippen LogP contribution in [0.5, 0.6) is 0 Å². The molecule has 0 saturated heterocycles. The van der Waals surface area contributed by atoms with E-state index in [9.17, 15) is 0 Å². The lowest BCUT2D eigenvalue weighted by atomic mass is 10.6. The first-order valence-corrected chi connectivity index (χ1v) is 2.62. The minimum absolute atomic E-state index is 0.804. The Kier molecular flexibility index (Phi) is 4.04. The predicted molar refractivity (Wildman–Crippen MR) is 32.2 cm³/mol. The topological polar surface area (TPSA) is 29.3 Å². The molecule has 0 aromatic heterocycles. The Morgan fingerprint density at radius 1 is 1.57 bits per heavy atom. The molecule has 0 aliphatic heterocycles. The van der Waals surface area contributed by atoms with E-state index in [1.807, 2.05) is 0 Å². The van der Waals surface area contributed by atoms with Gasteiger partial charge in [0.2, 0.25) is 0 Å². The minimum atomic E-state index is 0.804. The van der Waals surface area contributed by atoms with E-state index in [0.29, 0.717) is 0 Å². The zero-order chi connectivity index (χ0) is 5.70. The van der Waals surface area contributed by atoms with Gasteiger partial charge < -0.3 is 10.6 Å². The summed E-state index contributed by atoms with van der Waals surface area (Å²) in [5.41, 5.74) is 5.25. The van der Waals surface area contributed by atoms with E-state index in [1.54, 1.807) is 0 Å². The summed E-state index contributed by atoms with van der Waals surface area (Å²) < 4.78 is 0. The van der Waals surface area contributed by atoms with Gasteiger partial charge in [0.15, 0.2) is 0 Å². The van der Waals surface area contributed by atoms with Gasteiger partial charge in [-0.3, -0.25) is 0 Å². The lowest BCUT2D eigenvalue weighted by Gasteiger charge is -2.05. The highest BCUT2D eigenvalue weighted by atomic mass is 15.2.